The minimum Gasteiger partial charge on any atom is -1.00 e. The van der Waals surface area contributed by atoms with E-state index in [0.717, 1.165) is 42.2 Å². The van der Waals surface area contributed by atoms with Crippen molar-refractivity contribution in [3.63, 3.8) is 0 Å². The molecule has 0 aromatic heterocycles. The molecule has 0 amide bonds. The molecule has 3 heteroatoms. The molecule has 0 aliphatic rings. The first-order valence-electron chi connectivity index (χ1n) is 7.88. The topological polar surface area (TPSA) is 9.23 Å². The van der Waals surface area contributed by atoms with Crippen LogP contribution in [0.1, 0.15) is 26.3 Å². The Hall–Kier alpha value is -1.32. The fraction of sp³-hybridized carbons (Fsp3) is 0.368. The van der Waals surface area contributed by atoms with E-state index in [-0.39, 0.29) is 17.0 Å². The van der Waals surface area contributed by atoms with Crippen LogP contribution in [0.4, 0.5) is 0 Å². The Morgan fingerprint density at radius 1 is 0.773 bits per heavy atom. The van der Waals surface area contributed by atoms with Gasteiger partial charge in [-0.3, -0.25) is 0 Å². The number of quaternary nitrogens is 1. The Balaban J connectivity index is 0.00000242. The summed E-state index contributed by atoms with van der Waals surface area (Å²) in [7, 11) is 0. The Morgan fingerprint density at radius 2 is 1.36 bits per heavy atom. The van der Waals surface area contributed by atoms with Crippen LogP contribution in [0.15, 0.2) is 54.6 Å². The van der Waals surface area contributed by atoms with Crippen molar-refractivity contribution in [2.75, 3.05) is 19.6 Å². The van der Waals surface area contributed by atoms with Crippen LogP contribution in [-0.2, 0) is 6.54 Å². The molecule has 0 fully saturated rings. The maximum Gasteiger partial charge on any atom is 0.127 e. The van der Waals surface area contributed by atoms with Crippen molar-refractivity contribution in [2.45, 2.75) is 27.3 Å². The Bertz CT molecular complexity index is 544. The molecule has 0 aliphatic carbocycles. The molecule has 0 bridgehead atoms. The average molecular weight is 364 g/mol. The van der Waals surface area contributed by atoms with E-state index in [1.807, 2.05) is 36.4 Å². The largest absolute Gasteiger partial charge is 1.00 e. The lowest BCUT2D eigenvalue weighted by Gasteiger charge is -2.35. The molecule has 2 rings (SSSR count). The zero-order valence-electron chi connectivity index (χ0n) is 13.8. The van der Waals surface area contributed by atoms with E-state index in [2.05, 4.69) is 39.0 Å². The van der Waals surface area contributed by atoms with E-state index in [1.165, 1.54) is 5.56 Å². The molecular weight excluding hydrogens is 338 g/mol. The van der Waals surface area contributed by atoms with Crippen molar-refractivity contribution in [3.8, 4) is 11.5 Å². The zero-order chi connectivity index (χ0) is 15.1. The SMILES string of the molecule is CC[N+](CC)(CC)Cc1cccc(Oc2ccccc2)c1.[Br-]. The first kappa shape index (κ1) is 18.7. The molecule has 2 aromatic carbocycles. The summed E-state index contributed by atoms with van der Waals surface area (Å²) in [5.74, 6) is 1.80. The van der Waals surface area contributed by atoms with Crippen molar-refractivity contribution in [2.24, 2.45) is 0 Å². The quantitative estimate of drug-likeness (QED) is 0.682. The highest BCUT2D eigenvalue weighted by Crippen LogP contribution is 2.23. The minimum atomic E-state index is 0. The van der Waals surface area contributed by atoms with Crippen LogP contribution in [0.5, 0.6) is 11.5 Å². The van der Waals surface area contributed by atoms with Crippen LogP contribution in [0.3, 0.4) is 0 Å². The molecule has 22 heavy (non-hydrogen) atoms. The Labute approximate surface area is 145 Å². The summed E-state index contributed by atoms with van der Waals surface area (Å²) in [6, 6.07) is 18.4. The number of ether oxygens (including phenoxy) is 1. The van der Waals surface area contributed by atoms with Gasteiger partial charge in [0, 0.05) is 5.56 Å². The number of hydrogen-bond donors (Lipinski definition) is 0. The monoisotopic (exact) mass is 363 g/mol. The van der Waals surface area contributed by atoms with Crippen molar-refractivity contribution >= 4 is 0 Å². The predicted molar refractivity (Wildman–Crippen MR) is 88.5 cm³/mol. The van der Waals surface area contributed by atoms with E-state index in [0.29, 0.717) is 0 Å². The Morgan fingerprint density at radius 3 is 1.95 bits per heavy atom. The van der Waals surface area contributed by atoms with E-state index in [1.54, 1.807) is 0 Å². The summed E-state index contributed by atoms with van der Waals surface area (Å²) in [5.41, 5.74) is 1.34. The van der Waals surface area contributed by atoms with Crippen LogP contribution in [0.2, 0.25) is 0 Å². The van der Waals surface area contributed by atoms with Crippen molar-refractivity contribution < 1.29 is 26.2 Å². The third-order valence-electron chi connectivity index (χ3n) is 4.41. The lowest BCUT2D eigenvalue weighted by molar-refractivity contribution is -0.936. The van der Waals surface area contributed by atoms with Gasteiger partial charge in [-0.15, -0.1) is 0 Å². The average Bonchev–Trinajstić information content (AvgIpc) is 2.54. The van der Waals surface area contributed by atoms with Gasteiger partial charge in [-0.2, -0.15) is 0 Å². The van der Waals surface area contributed by atoms with Gasteiger partial charge in [-0.05, 0) is 45.0 Å². The van der Waals surface area contributed by atoms with Gasteiger partial charge in [-0.1, -0.05) is 30.3 Å². The third-order valence-corrected chi connectivity index (χ3v) is 4.41. The van der Waals surface area contributed by atoms with Gasteiger partial charge in [0.25, 0.3) is 0 Å². The Kier molecular flexibility index (Phi) is 7.63. The number of nitrogens with zero attached hydrogens (tertiary/aromatic N) is 1. The van der Waals surface area contributed by atoms with Crippen molar-refractivity contribution in [3.05, 3.63) is 60.2 Å². The maximum atomic E-state index is 5.93. The van der Waals surface area contributed by atoms with Gasteiger partial charge in [0.2, 0.25) is 0 Å². The van der Waals surface area contributed by atoms with Gasteiger partial charge in [0.05, 0.1) is 19.6 Å². The highest BCUT2D eigenvalue weighted by Gasteiger charge is 2.21. The van der Waals surface area contributed by atoms with E-state index in [4.69, 9.17) is 4.74 Å². The van der Waals surface area contributed by atoms with Crippen LogP contribution in [-0.4, -0.2) is 24.1 Å². The summed E-state index contributed by atoms with van der Waals surface area (Å²) in [4.78, 5) is 0. The molecule has 0 radical (unpaired) electrons. The van der Waals surface area contributed by atoms with Gasteiger partial charge < -0.3 is 26.2 Å². The number of benzene rings is 2. The zero-order valence-corrected chi connectivity index (χ0v) is 15.3. The molecule has 0 N–H and O–H groups in total. The molecule has 0 atom stereocenters. The third kappa shape index (κ3) is 4.85. The summed E-state index contributed by atoms with van der Waals surface area (Å²) in [5, 5.41) is 0. The number of halogens is 1. The molecule has 120 valence electrons. The molecule has 2 aromatic rings. The second-order valence-corrected chi connectivity index (χ2v) is 5.51. The van der Waals surface area contributed by atoms with Gasteiger partial charge in [0.1, 0.15) is 18.0 Å². The normalized spacial score (nSPS) is 10.9. The number of para-hydroxylation sites is 1. The van der Waals surface area contributed by atoms with Crippen LogP contribution in [0, 0.1) is 0 Å². The molecule has 0 aliphatic heterocycles. The highest BCUT2D eigenvalue weighted by molar-refractivity contribution is 5.33. The first-order chi connectivity index (χ1) is 10.2. The van der Waals surface area contributed by atoms with Crippen LogP contribution >= 0.6 is 0 Å². The molecule has 2 nitrogen and oxygen atoms in total. The van der Waals surface area contributed by atoms with Crippen LogP contribution < -0.4 is 21.7 Å². The molecule has 0 spiro atoms. The fourth-order valence-corrected chi connectivity index (χ4v) is 2.73. The lowest BCUT2D eigenvalue weighted by atomic mass is 10.1. The number of rotatable bonds is 7. The minimum absolute atomic E-state index is 0. The van der Waals surface area contributed by atoms with Crippen molar-refractivity contribution in [1.29, 1.82) is 0 Å². The molecular formula is C19H26BrNO. The van der Waals surface area contributed by atoms with E-state index >= 15 is 0 Å². The molecule has 0 heterocycles. The van der Waals surface area contributed by atoms with Gasteiger partial charge in [0.15, 0.2) is 0 Å². The smallest absolute Gasteiger partial charge is 0.127 e. The number of hydrogen-bond acceptors (Lipinski definition) is 1. The van der Waals surface area contributed by atoms with Gasteiger partial charge in [-0.25, -0.2) is 0 Å². The molecule has 0 saturated carbocycles. The van der Waals surface area contributed by atoms with Crippen molar-refractivity contribution in [1.82, 2.24) is 0 Å². The van der Waals surface area contributed by atoms with Crippen LogP contribution in [0.25, 0.3) is 0 Å². The predicted octanol–water partition coefficient (Wildman–Crippen LogP) is 1.86. The summed E-state index contributed by atoms with van der Waals surface area (Å²) >= 11 is 0. The standard InChI is InChI=1S/C19H26NO.BrH/c1-4-20(5-2,6-3)16-17-11-10-14-19(15-17)21-18-12-8-7-9-13-18;/h7-15H,4-6,16H2,1-3H3;1H/q+1;/p-1. The summed E-state index contributed by atoms with van der Waals surface area (Å²) < 4.78 is 7.05. The van der Waals surface area contributed by atoms with E-state index in [9.17, 15) is 0 Å². The summed E-state index contributed by atoms with van der Waals surface area (Å²) in [6.07, 6.45) is 0. The second-order valence-electron chi connectivity index (χ2n) is 5.51. The van der Waals surface area contributed by atoms with E-state index < -0.39 is 0 Å². The first-order valence-corrected chi connectivity index (χ1v) is 7.88. The lowest BCUT2D eigenvalue weighted by Crippen LogP contribution is -3.00. The van der Waals surface area contributed by atoms with Gasteiger partial charge >= 0.3 is 0 Å². The summed E-state index contributed by atoms with van der Waals surface area (Å²) in [6.45, 7) is 11.4. The highest BCUT2D eigenvalue weighted by atomic mass is 79.9. The maximum absolute atomic E-state index is 5.93. The molecule has 0 unspecified atom stereocenters. The fourth-order valence-electron chi connectivity index (χ4n) is 2.73. The molecule has 0 saturated heterocycles. The second kappa shape index (κ2) is 8.96.